The third-order valence-corrected chi connectivity index (χ3v) is 3.21. The number of nitrogens with zero attached hydrogens (tertiary/aromatic N) is 3. The molecule has 19 heavy (non-hydrogen) atoms. The van der Waals surface area contributed by atoms with Crippen molar-refractivity contribution in [1.82, 2.24) is 20.4 Å². The molecule has 0 saturated carbocycles. The molecule has 102 valence electrons. The number of pyridine rings is 1. The summed E-state index contributed by atoms with van der Waals surface area (Å²) in [7, 11) is 3.95. The Bertz CT molecular complexity index is 591. The molecule has 0 aromatic carbocycles. The molecule has 0 saturated heterocycles. The van der Waals surface area contributed by atoms with Crippen molar-refractivity contribution in [2.75, 3.05) is 20.6 Å². The molecule has 0 aliphatic carbocycles. The molecule has 1 atom stereocenters. The number of likely N-dealkylation sites (N-methyl/N-ethyl adjacent to an activating group) is 1. The monoisotopic (exact) mass is 262 g/mol. The summed E-state index contributed by atoms with van der Waals surface area (Å²) in [6, 6.07) is 2.03. The number of carbonyl (C=O) groups is 1. The van der Waals surface area contributed by atoms with E-state index in [0.29, 0.717) is 17.8 Å². The molecule has 6 heteroatoms. The number of nitrogens with one attached hydrogen (secondary N) is 1. The van der Waals surface area contributed by atoms with Crippen molar-refractivity contribution in [3.05, 3.63) is 23.5 Å². The average Bonchev–Trinajstić information content (AvgIpc) is 2.76. The zero-order valence-electron chi connectivity index (χ0n) is 11.6. The van der Waals surface area contributed by atoms with E-state index in [1.165, 1.54) is 6.20 Å². The van der Waals surface area contributed by atoms with Gasteiger partial charge in [-0.05, 0) is 34.0 Å². The van der Waals surface area contributed by atoms with Gasteiger partial charge in [-0.2, -0.15) is 0 Å². The van der Waals surface area contributed by atoms with Crippen LogP contribution in [-0.2, 0) is 0 Å². The van der Waals surface area contributed by atoms with Gasteiger partial charge in [-0.25, -0.2) is 4.98 Å². The lowest BCUT2D eigenvalue weighted by Crippen LogP contribution is -2.38. The molecule has 6 nitrogen and oxygen atoms in total. The van der Waals surface area contributed by atoms with Crippen molar-refractivity contribution in [2.45, 2.75) is 19.9 Å². The minimum atomic E-state index is -0.135. The van der Waals surface area contributed by atoms with Gasteiger partial charge in [0.25, 0.3) is 11.6 Å². The van der Waals surface area contributed by atoms with Gasteiger partial charge in [0.1, 0.15) is 0 Å². The highest BCUT2D eigenvalue weighted by atomic mass is 16.5. The van der Waals surface area contributed by atoms with Crippen molar-refractivity contribution in [2.24, 2.45) is 0 Å². The highest BCUT2D eigenvalue weighted by Gasteiger charge is 2.12. The summed E-state index contributed by atoms with van der Waals surface area (Å²) in [6.07, 6.45) is 1.50. The van der Waals surface area contributed by atoms with Crippen LogP contribution < -0.4 is 5.32 Å². The van der Waals surface area contributed by atoms with Crippen LogP contribution >= 0.6 is 0 Å². The molecule has 0 unspecified atom stereocenters. The number of fused-ring (bicyclic) bond motifs is 1. The lowest BCUT2D eigenvalue weighted by atomic mass is 10.2. The molecule has 0 aliphatic heterocycles. The van der Waals surface area contributed by atoms with Gasteiger partial charge in [0, 0.05) is 18.8 Å². The number of rotatable bonds is 4. The predicted octanol–water partition coefficient (Wildman–Crippen LogP) is 1.21. The summed E-state index contributed by atoms with van der Waals surface area (Å²) < 4.78 is 5.01. The summed E-state index contributed by atoms with van der Waals surface area (Å²) in [5, 5.41) is 7.47. The van der Waals surface area contributed by atoms with E-state index < -0.39 is 0 Å². The van der Waals surface area contributed by atoms with Crippen LogP contribution in [0.15, 0.2) is 16.8 Å². The Morgan fingerprint density at radius 2 is 2.26 bits per heavy atom. The Hall–Kier alpha value is -1.95. The Morgan fingerprint density at radius 3 is 2.95 bits per heavy atom. The first-order valence-electron chi connectivity index (χ1n) is 6.15. The Morgan fingerprint density at radius 1 is 1.53 bits per heavy atom. The van der Waals surface area contributed by atoms with E-state index >= 15 is 0 Å². The lowest BCUT2D eigenvalue weighted by molar-refractivity contribution is 0.0943. The predicted molar refractivity (Wildman–Crippen MR) is 72.0 cm³/mol. The Labute approximate surface area is 111 Å². The maximum absolute atomic E-state index is 12.0. The van der Waals surface area contributed by atoms with E-state index in [1.807, 2.05) is 32.8 Å². The Kier molecular flexibility index (Phi) is 3.80. The molecular weight excluding hydrogens is 244 g/mol. The fourth-order valence-electron chi connectivity index (χ4n) is 1.59. The van der Waals surface area contributed by atoms with Crippen LogP contribution in [-0.4, -0.2) is 47.6 Å². The number of carbonyl (C=O) groups excluding carboxylic acids is 1. The standard InChI is InChI=1S/C13H18N4O2/c1-8(17(3)4)6-14-12(18)10-5-11-9(2)16-19-13(11)15-7-10/h5,7-8H,6H2,1-4H3,(H,14,18)/t8-/m0/s1. The number of amides is 1. The Balaban J connectivity index is 2.11. The third kappa shape index (κ3) is 2.90. The van der Waals surface area contributed by atoms with Crippen LogP contribution in [0.25, 0.3) is 11.1 Å². The normalized spacial score (nSPS) is 12.9. The first-order valence-corrected chi connectivity index (χ1v) is 6.15. The van der Waals surface area contributed by atoms with Crippen LogP contribution in [0.1, 0.15) is 23.0 Å². The first kappa shape index (κ1) is 13.5. The van der Waals surface area contributed by atoms with Gasteiger partial charge in [0.05, 0.1) is 16.6 Å². The number of hydrogen-bond acceptors (Lipinski definition) is 5. The van der Waals surface area contributed by atoms with Gasteiger partial charge in [0.2, 0.25) is 0 Å². The fraction of sp³-hybridized carbons (Fsp3) is 0.462. The summed E-state index contributed by atoms with van der Waals surface area (Å²) in [5.41, 5.74) is 1.71. The number of aromatic nitrogens is 2. The molecule has 0 radical (unpaired) electrons. The molecule has 0 bridgehead atoms. The van der Waals surface area contributed by atoms with Crippen molar-refractivity contribution < 1.29 is 9.32 Å². The second-order valence-electron chi connectivity index (χ2n) is 4.87. The minimum Gasteiger partial charge on any atom is -0.350 e. The van der Waals surface area contributed by atoms with Crippen LogP contribution in [0.4, 0.5) is 0 Å². The molecule has 2 aromatic rings. The number of hydrogen-bond donors (Lipinski definition) is 1. The smallest absolute Gasteiger partial charge is 0.257 e. The van der Waals surface area contributed by atoms with Crippen LogP contribution in [0.2, 0.25) is 0 Å². The van der Waals surface area contributed by atoms with E-state index in [2.05, 4.69) is 15.5 Å². The van der Waals surface area contributed by atoms with Gasteiger partial charge in [-0.15, -0.1) is 0 Å². The zero-order chi connectivity index (χ0) is 14.0. The van der Waals surface area contributed by atoms with Gasteiger partial charge < -0.3 is 14.7 Å². The van der Waals surface area contributed by atoms with Gasteiger partial charge in [0.15, 0.2) is 0 Å². The number of aryl methyl sites for hydroxylation is 1. The van der Waals surface area contributed by atoms with Crippen molar-refractivity contribution >= 4 is 17.0 Å². The molecule has 2 rings (SSSR count). The summed E-state index contributed by atoms with van der Waals surface area (Å²) in [6.45, 7) is 4.46. The van der Waals surface area contributed by atoms with Crippen molar-refractivity contribution in [3.8, 4) is 0 Å². The SMILES string of the molecule is Cc1noc2ncc(C(=O)NC[C@H](C)N(C)C)cc12. The fourth-order valence-corrected chi connectivity index (χ4v) is 1.59. The van der Waals surface area contributed by atoms with Gasteiger partial charge in [-0.1, -0.05) is 5.16 Å². The van der Waals surface area contributed by atoms with E-state index in [1.54, 1.807) is 6.07 Å². The quantitative estimate of drug-likeness (QED) is 0.896. The van der Waals surface area contributed by atoms with Crippen molar-refractivity contribution in [3.63, 3.8) is 0 Å². The van der Waals surface area contributed by atoms with Crippen molar-refractivity contribution in [1.29, 1.82) is 0 Å². The maximum atomic E-state index is 12.0. The molecule has 2 heterocycles. The molecule has 1 amide bonds. The highest BCUT2D eigenvalue weighted by Crippen LogP contribution is 2.16. The molecule has 0 fully saturated rings. The lowest BCUT2D eigenvalue weighted by Gasteiger charge is -2.19. The summed E-state index contributed by atoms with van der Waals surface area (Å²) >= 11 is 0. The first-order chi connectivity index (χ1) is 8.99. The van der Waals surface area contributed by atoms with Gasteiger partial charge in [-0.3, -0.25) is 4.79 Å². The molecule has 1 N–H and O–H groups in total. The highest BCUT2D eigenvalue weighted by molar-refractivity contribution is 5.96. The third-order valence-electron chi connectivity index (χ3n) is 3.21. The van der Waals surface area contributed by atoms with E-state index in [0.717, 1.165) is 11.1 Å². The summed E-state index contributed by atoms with van der Waals surface area (Å²) in [5.74, 6) is -0.135. The largest absolute Gasteiger partial charge is 0.350 e. The van der Waals surface area contributed by atoms with E-state index in [4.69, 9.17) is 4.52 Å². The van der Waals surface area contributed by atoms with Gasteiger partial charge >= 0.3 is 0 Å². The molecule has 2 aromatic heterocycles. The maximum Gasteiger partial charge on any atom is 0.257 e. The second-order valence-corrected chi connectivity index (χ2v) is 4.87. The van der Waals surface area contributed by atoms with E-state index in [-0.39, 0.29) is 11.9 Å². The van der Waals surface area contributed by atoms with Crippen LogP contribution in [0, 0.1) is 6.92 Å². The van der Waals surface area contributed by atoms with Crippen LogP contribution in [0.3, 0.4) is 0 Å². The second kappa shape index (κ2) is 5.36. The average molecular weight is 262 g/mol. The molecular formula is C13H18N4O2. The van der Waals surface area contributed by atoms with Crippen LogP contribution in [0.5, 0.6) is 0 Å². The zero-order valence-corrected chi connectivity index (χ0v) is 11.6. The van der Waals surface area contributed by atoms with E-state index in [9.17, 15) is 4.79 Å². The molecule has 0 aliphatic rings. The minimum absolute atomic E-state index is 0.135. The topological polar surface area (TPSA) is 71.3 Å². The summed E-state index contributed by atoms with van der Waals surface area (Å²) in [4.78, 5) is 18.2. The molecule has 0 spiro atoms.